The van der Waals surface area contributed by atoms with Crippen LogP contribution in [0.1, 0.15) is 32.6 Å². The zero-order valence-corrected chi connectivity index (χ0v) is 11.3. The molecule has 0 aromatic rings. The Morgan fingerprint density at radius 3 is 2.88 bits per heavy atom. The Labute approximate surface area is 105 Å². The molecular formula is C13H28N2O2. The van der Waals surface area contributed by atoms with Crippen molar-refractivity contribution in [3.63, 3.8) is 0 Å². The molecule has 102 valence electrons. The van der Waals surface area contributed by atoms with Crippen molar-refractivity contribution in [1.29, 1.82) is 0 Å². The molecule has 1 fully saturated rings. The van der Waals surface area contributed by atoms with Gasteiger partial charge in [-0.25, -0.2) is 0 Å². The smallest absolute Gasteiger partial charge is 0.0700 e. The van der Waals surface area contributed by atoms with E-state index in [0.29, 0.717) is 25.3 Å². The molecule has 2 atom stereocenters. The van der Waals surface area contributed by atoms with Crippen LogP contribution in [0.15, 0.2) is 0 Å². The minimum Gasteiger partial charge on any atom is -0.382 e. The van der Waals surface area contributed by atoms with Crippen molar-refractivity contribution in [2.45, 2.75) is 44.7 Å². The second kappa shape index (κ2) is 9.83. The fraction of sp³-hybridized carbons (Fsp3) is 1.00. The minimum atomic E-state index is 0.566. The lowest BCUT2D eigenvalue weighted by Crippen LogP contribution is -2.40. The van der Waals surface area contributed by atoms with Gasteiger partial charge in [-0.05, 0) is 32.7 Å². The van der Waals surface area contributed by atoms with E-state index >= 15 is 0 Å². The normalized spacial score (nSPS) is 22.6. The quantitative estimate of drug-likeness (QED) is 0.597. The van der Waals surface area contributed by atoms with Gasteiger partial charge in [-0.2, -0.15) is 0 Å². The molecule has 0 aromatic heterocycles. The van der Waals surface area contributed by atoms with E-state index in [2.05, 4.69) is 17.6 Å². The van der Waals surface area contributed by atoms with E-state index in [-0.39, 0.29) is 0 Å². The Morgan fingerprint density at radius 1 is 1.29 bits per heavy atom. The SMILES string of the molecule is COCCOCCNC(C)CC1CCCCN1. The molecule has 1 heterocycles. The van der Waals surface area contributed by atoms with Gasteiger partial charge in [-0.3, -0.25) is 0 Å². The first-order valence-electron chi connectivity index (χ1n) is 6.86. The number of methoxy groups -OCH3 is 1. The summed E-state index contributed by atoms with van der Waals surface area (Å²) in [5, 5.41) is 7.08. The molecule has 1 rings (SSSR count). The molecule has 0 saturated carbocycles. The highest BCUT2D eigenvalue weighted by Crippen LogP contribution is 2.11. The summed E-state index contributed by atoms with van der Waals surface area (Å²) in [7, 11) is 1.70. The van der Waals surface area contributed by atoms with E-state index in [1.54, 1.807) is 7.11 Å². The van der Waals surface area contributed by atoms with Gasteiger partial charge in [0.1, 0.15) is 0 Å². The lowest BCUT2D eigenvalue weighted by atomic mass is 9.99. The van der Waals surface area contributed by atoms with E-state index in [4.69, 9.17) is 9.47 Å². The molecule has 2 unspecified atom stereocenters. The zero-order chi connectivity index (χ0) is 12.3. The maximum Gasteiger partial charge on any atom is 0.0700 e. The first-order chi connectivity index (χ1) is 8.33. The van der Waals surface area contributed by atoms with Crippen LogP contribution in [0.3, 0.4) is 0 Å². The first kappa shape index (κ1) is 14.9. The van der Waals surface area contributed by atoms with Crippen molar-refractivity contribution in [3.8, 4) is 0 Å². The van der Waals surface area contributed by atoms with E-state index in [0.717, 1.165) is 13.2 Å². The van der Waals surface area contributed by atoms with Gasteiger partial charge in [0, 0.05) is 25.7 Å². The van der Waals surface area contributed by atoms with Crippen LogP contribution in [0.4, 0.5) is 0 Å². The second-order valence-electron chi connectivity index (χ2n) is 4.84. The maximum atomic E-state index is 5.41. The zero-order valence-electron chi connectivity index (χ0n) is 11.3. The molecule has 1 aliphatic heterocycles. The Bertz CT molecular complexity index is 173. The Hall–Kier alpha value is -0.160. The van der Waals surface area contributed by atoms with Crippen molar-refractivity contribution >= 4 is 0 Å². The second-order valence-corrected chi connectivity index (χ2v) is 4.84. The highest BCUT2D eigenvalue weighted by atomic mass is 16.5. The molecule has 17 heavy (non-hydrogen) atoms. The summed E-state index contributed by atoms with van der Waals surface area (Å²) in [5.74, 6) is 0. The molecule has 1 aliphatic rings. The summed E-state index contributed by atoms with van der Waals surface area (Å²) in [6, 6.07) is 1.28. The average molecular weight is 244 g/mol. The van der Waals surface area contributed by atoms with Crippen molar-refractivity contribution in [1.82, 2.24) is 10.6 Å². The molecule has 0 radical (unpaired) electrons. The number of hydrogen-bond acceptors (Lipinski definition) is 4. The summed E-state index contributed by atoms with van der Waals surface area (Å²) in [6.07, 6.45) is 5.27. The molecule has 0 spiro atoms. The van der Waals surface area contributed by atoms with E-state index < -0.39 is 0 Å². The summed E-state index contributed by atoms with van der Waals surface area (Å²) in [6.45, 7) is 6.52. The molecule has 4 heteroatoms. The lowest BCUT2D eigenvalue weighted by molar-refractivity contribution is 0.0709. The third-order valence-electron chi connectivity index (χ3n) is 3.22. The van der Waals surface area contributed by atoms with Crippen LogP contribution < -0.4 is 10.6 Å². The summed E-state index contributed by atoms with van der Waals surface area (Å²) < 4.78 is 10.3. The monoisotopic (exact) mass is 244 g/mol. The molecule has 1 saturated heterocycles. The molecule has 0 bridgehead atoms. The Balaban J connectivity index is 1.91. The predicted octanol–water partition coefficient (Wildman–Crippen LogP) is 1.16. The van der Waals surface area contributed by atoms with Gasteiger partial charge < -0.3 is 20.1 Å². The number of piperidine rings is 1. The summed E-state index contributed by atoms with van der Waals surface area (Å²) >= 11 is 0. The van der Waals surface area contributed by atoms with E-state index in [9.17, 15) is 0 Å². The topological polar surface area (TPSA) is 42.5 Å². The van der Waals surface area contributed by atoms with E-state index in [1.165, 1.54) is 32.2 Å². The number of hydrogen-bond donors (Lipinski definition) is 2. The average Bonchev–Trinajstić information content (AvgIpc) is 2.35. The van der Waals surface area contributed by atoms with Gasteiger partial charge in [0.05, 0.1) is 19.8 Å². The minimum absolute atomic E-state index is 0.566. The molecule has 0 amide bonds. The molecule has 4 nitrogen and oxygen atoms in total. The Kier molecular flexibility index (Phi) is 8.61. The number of ether oxygens (including phenoxy) is 2. The lowest BCUT2D eigenvalue weighted by Gasteiger charge is -2.26. The number of nitrogens with one attached hydrogen (secondary N) is 2. The molecule has 0 aliphatic carbocycles. The predicted molar refractivity (Wildman–Crippen MR) is 70.4 cm³/mol. The van der Waals surface area contributed by atoms with Crippen LogP contribution in [-0.4, -0.2) is 52.1 Å². The molecule has 0 aromatic carbocycles. The van der Waals surface area contributed by atoms with Crippen LogP contribution >= 0.6 is 0 Å². The largest absolute Gasteiger partial charge is 0.382 e. The summed E-state index contributed by atoms with van der Waals surface area (Å²) in [5.41, 5.74) is 0. The fourth-order valence-electron chi connectivity index (χ4n) is 2.26. The third kappa shape index (κ3) is 7.71. The summed E-state index contributed by atoms with van der Waals surface area (Å²) in [4.78, 5) is 0. The van der Waals surface area contributed by atoms with Gasteiger partial charge in [-0.15, -0.1) is 0 Å². The Morgan fingerprint density at radius 2 is 2.18 bits per heavy atom. The van der Waals surface area contributed by atoms with Crippen LogP contribution in [0, 0.1) is 0 Å². The highest BCUT2D eigenvalue weighted by Gasteiger charge is 2.14. The van der Waals surface area contributed by atoms with Crippen LogP contribution in [0.2, 0.25) is 0 Å². The fourth-order valence-corrected chi connectivity index (χ4v) is 2.26. The van der Waals surface area contributed by atoms with Crippen LogP contribution in [0.25, 0.3) is 0 Å². The molecule has 2 N–H and O–H groups in total. The highest BCUT2D eigenvalue weighted by molar-refractivity contribution is 4.76. The van der Waals surface area contributed by atoms with Gasteiger partial charge in [0.25, 0.3) is 0 Å². The molecular weight excluding hydrogens is 216 g/mol. The third-order valence-corrected chi connectivity index (χ3v) is 3.22. The van der Waals surface area contributed by atoms with Crippen LogP contribution in [-0.2, 0) is 9.47 Å². The van der Waals surface area contributed by atoms with Gasteiger partial charge in [-0.1, -0.05) is 6.42 Å². The van der Waals surface area contributed by atoms with Gasteiger partial charge >= 0.3 is 0 Å². The van der Waals surface area contributed by atoms with Gasteiger partial charge in [0.2, 0.25) is 0 Å². The van der Waals surface area contributed by atoms with Crippen molar-refractivity contribution in [3.05, 3.63) is 0 Å². The maximum absolute atomic E-state index is 5.41. The van der Waals surface area contributed by atoms with Crippen molar-refractivity contribution in [2.24, 2.45) is 0 Å². The van der Waals surface area contributed by atoms with Crippen molar-refractivity contribution < 1.29 is 9.47 Å². The van der Waals surface area contributed by atoms with Crippen LogP contribution in [0.5, 0.6) is 0 Å². The first-order valence-corrected chi connectivity index (χ1v) is 6.86. The van der Waals surface area contributed by atoms with Crippen molar-refractivity contribution in [2.75, 3.05) is 40.0 Å². The van der Waals surface area contributed by atoms with E-state index in [1.807, 2.05) is 0 Å². The standard InChI is InChI=1S/C13H28N2O2/c1-12(11-13-5-3-4-6-15-13)14-7-8-17-10-9-16-2/h12-15H,3-11H2,1-2H3. The van der Waals surface area contributed by atoms with Gasteiger partial charge in [0.15, 0.2) is 0 Å². The number of rotatable bonds is 9.